The van der Waals surface area contributed by atoms with Crippen molar-refractivity contribution < 1.29 is 29.3 Å². The van der Waals surface area contributed by atoms with Gasteiger partial charge in [0.1, 0.15) is 11.9 Å². The number of ketones is 1. The van der Waals surface area contributed by atoms with Crippen molar-refractivity contribution in [1.29, 1.82) is 0 Å². The molecule has 2 saturated heterocycles. The molecule has 1 aromatic rings. The second-order valence-electron chi connectivity index (χ2n) is 11.8. The molecular weight excluding hydrogens is 470 g/mol. The van der Waals surface area contributed by atoms with Gasteiger partial charge in [0, 0.05) is 18.5 Å². The van der Waals surface area contributed by atoms with E-state index in [2.05, 4.69) is 11.9 Å². The van der Waals surface area contributed by atoms with E-state index in [1.54, 1.807) is 20.0 Å². The zero-order chi connectivity index (χ0) is 27.4. The molecule has 0 amide bonds. The highest BCUT2D eigenvalue weighted by molar-refractivity contribution is 5.88. The van der Waals surface area contributed by atoms with Crippen LogP contribution in [0.3, 0.4) is 0 Å². The maximum absolute atomic E-state index is 13.6. The third kappa shape index (κ3) is 7.27. The van der Waals surface area contributed by atoms with E-state index >= 15 is 0 Å². The lowest BCUT2D eigenvalue weighted by Crippen LogP contribution is -2.46. The van der Waals surface area contributed by atoms with Gasteiger partial charge in [0.15, 0.2) is 0 Å². The fourth-order valence-corrected chi connectivity index (χ4v) is 5.49. The Morgan fingerprint density at radius 2 is 1.95 bits per heavy atom. The number of carbonyl (C=O) groups excluding carboxylic acids is 2. The summed E-state index contributed by atoms with van der Waals surface area (Å²) in [5.74, 6) is -1.43. The van der Waals surface area contributed by atoms with Crippen LogP contribution in [-0.2, 0) is 19.1 Å². The minimum Gasteiger partial charge on any atom is -0.458 e. The summed E-state index contributed by atoms with van der Waals surface area (Å²) in [6, 6.07) is 5.63. The van der Waals surface area contributed by atoms with Crippen molar-refractivity contribution in [3.8, 4) is 0 Å². The lowest BCUT2D eigenvalue weighted by atomic mass is 9.71. The normalized spacial score (nSPS) is 35.9. The Kier molecular flexibility index (Phi) is 9.70. The predicted molar refractivity (Wildman–Crippen MR) is 142 cm³/mol. The van der Waals surface area contributed by atoms with Gasteiger partial charge in [-0.05, 0) is 62.8 Å². The number of cyclic esters (lactones) is 1. The lowest BCUT2D eigenvalue weighted by molar-refractivity contribution is -0.154. The summed E-state index contributed by atoms with van der Waals surface area (Å²) >= 11 is 0. The number of epoxide rings is 1. The van der Waals surface area contributed by atoms with Crippen molar-refractivity contribution in [2.75, 3.05) is 0 Å². The molecule has 7 atom stereocenters. The molecular formula is C30H45NO6. The molecule has 0 radical (unpaired) electrons. The summed E-state index contributed by atoms with van der Waals surface area (Å²) < 4.78 is 12.0. The summed E-state index contributed by atoms with van der Waals surface area (Å²) in [6.45, 7) is 11.3. The second kappa shape index (κ2) is 12.2. The van der Waals surface area contributed by atoms with Gasteiger partial charge in [0.05, 0.1) is 41.4 Å². The van der Waals surface area contributed by atoms with Crippen molar-refractivity contribution in [3.05, 3.63) is 35.7 Å². The highest BCUT2D eigenvalue weighted by Gasteiger charge is 2.53. The Labute approximate surface area is 221 Å². The minimum absolute atomic E-state index is 0.0544. The average molecular weight is 516 g/mol. The standard InChI is InChI=1S/C30H45NO6/c1-7-11-22-27(34)19(2)12-10-14-30(6)25(37-30)17-23(20(3)16-21-13-8-9-15-31-21)36-26(33)18-24(32)29(4,5)28(22)35/h8-9,13,15-16,19,22-25,27,32,34H,7,10-12,14,17-18H2,1-6H3/t19?,22?,23?,24?,25-,27?,30?/m0/s1. The fourth-order valence-electron chi connectivity index (χ4n) is 5.49. The number of fused-ring (bicyclic) bond motifs is 1. The number of aliphatic hydroxyl groups excluding tert-OH is 2. The zero-order valence-corrected chi connectivity index (χ0v) is 23.3. The molecule has 3 heterocycles. The largest absolute Gasteiger partial charge is 0.458 e. The minimum atomic E-state index is -1.23. The molecule has 0 saturated carbocycles. The van der Waals surface area contributed by atoms with Crippen LogP contribution in [0.15, 0.2) is 30.0 Å². The topological polar surface area (TPSA) is 109 Å². The molecule has 2 N–H and O–H groups in total. The Bertz CT molecular complexity index is 960. The van der Waals surface area contributed by atoms with Gasteiger partial charge in [-0.25, -0.2) is 0 Å². The van der Waals surface area contributed by atoms with Crippen molar-refractivity contribution >= 4 is 17.8 Å². The molecule has 0 aliphatic carbocycles. The van der Waals surface area contributed by atoms with Crippen LogP contribution in [0.4, 0.5) is 0 Å². The number of hydrogen-bond acceptors (Lipinski definition) is 7. The number of hydrogen-bond donors (Lipinski definition) is 2. The summed E-state index contributed by atoms with van der Waals surface area (Å²) in [6.07, 6.45) is 4.94. The van der Waals surface area contributed by atoms with Gasteiger partial charge in [-0.15, -0.1) is 0 Å². The van der Waals surface area contributed by atoms with Crippen molar-refractivity contribution in [2.24, 2.45) is 17.3 Å². The number of rotatable bonds is 4. The molecule has 6 unspecified atom stereocenters. The van der Waals surface area contributed by atoms with Crippen LogP contribution in [0.5, 0.6) is 0 Å². The van der Waals surface area contributed by atoms with E-state index in [1.807, 2.05) is 45.0 Å². The van der Waals surface area contributed by atoms with Gasteiger partial charge >= 0.3 is 5.97 Å². The van der Waals surface area contributed by atoms with Crippen LogP contribution < -0.4 is 0 Å². The summed E-state index contributed by atoms with van der Waals surface area (Å²) in [7, 11) is 0. The number of Topliss-reactive ketones (excluding diaryl/α,β-unsaturated/α-hetero) is 1. The van der Waals surface area contributed by atoms with Gasteiger partial charge in [0.25, 0.3) is 0 Å². The van der Waals surface area contributed by atoms with Gasteiger partial charge in [-0.2, -0.15) is 0 Å². The van der Waals surface area contributed by atoms with Gasteiger partial charge in [-0.1, -0.05) is 46.6 Å². The van der Waals surface area contributed by atoms with E-state index in [4.69, 9.17) is 9.47 Å². The smallest absolute Gasteiger partial charge is 0.309 e. The van der Waals surface area contributed by atoms with Crippen LogP contribution in [0.2, 0.25) is 0 Å². The molecule has 2 fully saturated rings. The fraction of sp³-hybridized carbons (Fsp3) is 0.700. The Balaban J connectivity index is 1.88. The van der Waals surface area contributed by atoms with Crippen LogP contribution in [-0.4, -0.2) is 57.0 Å². The highest BCUT2D eigenvalue weighted by atomic mass is 16.6. The molecule has 2 aliphatic heterocycles. The van der Waals surface area contributed by atoms with Crippen LogP contribution in [0.25, 0.3) is 6.08 Å². The predicted octanol–water partition coefficient (Wildman–Crippen LogP) is 4.89. The Morgan fingerprint density at radius 3 is 2.59 bits per heavy atom. The molecule has 3 rings (SSSR count). The number of aliphatic hydroxyl groups is 2. The van der Waals surface area contributed by atoms with Gasteiger partial charge in [-0.3, -0.25) is 14.6 Å². The third-order valence-electron chi connectivity index (χ3n) is 8.40. The highest BCUT2D eigenvalue weighted by Crippen LogP contribution is 2.45. The van der Waals surface area contributed by atoms with Gasteiger partial charge < -0.3 is 19.7 Å². The molecule has 7 heteroatoms. The maximum atomic E-state index is 13.6. The van der Waals surface area contributed by atoms with Crippen molar-refractivity contribution in [1.82, 2.24) is 4.98 Å². The molecule has 7 nitrogen and oxygen atoms in total. The monoisotopic (exact) mass is 515 g/mol. The Morgan fingerprint density at radius 1 is 1.22 bits per heavy atom. The first-order valence-electron chi connectivity index (χ1n) is 13.8. The molecule has 0 aromatic carbocycles. The average Bonchev–Trinajstić information content (AvgIpc) is 3.49. The molecule has 0 bridgehead atoms. The summed E-state index contributed by atoms with van der Waals surface area (Å²) in [5.41, 5.74) is 0.0977. The van der Waals surface area contributed by atoms with E-state index in [1.165, 1.54) is 0 Å². The van der Waals surface area contributed by atoms with Crippen LogP contribution in [0.1, 0.15) is 92.2 Å². The molecule has 1 aromatic heterocycles. The molecule has 37 heavy (non-hydrogen) atoms. The van der Waals surface area contributed by atoms with Crippen LogP contribution >= 0.6 is 0 Å². The van der Waals surface area contributed by atoms with E-state index in [0.29, 0.717) is 12.8 Å². The summed E-state index contributed by atoms with van der Waals surface area (Å²) in [5, 5.41) is 22.2. The number of carbonyl (C=O) groups is 2. The SMILES string of the molecule is CCCC1C(=O)C(C)(C)C(O)CC(=O)OC(C(C)=Cc2ccccn2)C[C@@H]2OC2(C)CCCC(C)C1O. The van der Waals surface area contributed by atoms with Crippen LogP contribution in [0, 0.1) is 17.3 Å². The first-order valence-corrected chi connectivity index (χ1v) is 13.8. The number of ether oxygens (including phenoxy) is 2. The summed E-state index contributed by atoms with van der Waals surface area (Å²) in [4.78, 5) is 31.0. The van der Waals surface area contributed by atoms with Crippen molar-refractivity contribution in [2.45, 2.75) is 117 Å². The number of esters is 1. The van der Waals surface area contributed by atoms with Gasteiger partial charge in [0.2, 0.25) is 0 Å². The third-order valence-corrected chi connectivity index (χ3v) is 8.40. The number of pyridine rings is 1. The van der Waals surface area contributed by atoms with E-state index < -0.39 is 35.6 Å². The van der Waals surface area contributed by atoms with Crippen molar-refractivity contribution in [3.63, 3.8) is 0 Å². The number of nitrogens with zero attached hydrogens (tertiary/aromatic N) is 1. The maximum Gasteiger partial charge on any atom is 0.309 e. The first kappa shape index (κ1) is 29.5. The molecule has 2 aliphatic rings. The second-order valence-corrected chi connectivity index (χ2v) is 11.8. The van der Waals surface area contributed by atoms with E-state index in [-0.39, 0.29) is 29.8 Å². The lowest BCUT2D eigenvalue weighted by Gasteiger charge is -2.36. The number of aromatic nitrogens is 1. The zero-order valence-electron chi connectivity index (χ0n) is 23.3. The first-order chi connectivity index (χ1) is 17.4. The van der Waals surface area contributed by atoms with E-state index in [9.17, 15) is 19.8 Å². The quantitative estimate of drug-likeness (QED) is 0.434. The molecule has 206 valence electrons. The molecule has 0 spiro atoms. The Hall–Kier alpha value is -2.09. The van der Waals surface area contributed by atoms with E-state index in [0.717, 1.165) is 37.0 Å².